The van der Waals surface area contributed by atoms with Crippen LogP contribution in [0.2, 0.25) is 0 Å². The highest BCUT2D eigenvalue weighted by molar-refractivity contribution is 7.10. The molecule has 2 rings (SSSR count). The van der Waals surface area contributed by atoms with Crippen LogP contribution in [-0.2, 0) is 4.79 Å². The Kier molecular flexibility index (Phi) is 3.20. The molecule has 1 unspecified atom stereocenters. The molecular formula is C10H12ClN3O2S. The number of nitrogens with zero attached hydrogens (tertiary/aromatic N) is 3. The fourth-order valence-electron chi connectivity index (χ4n) is 1.44. The minimum absolute atomic E-state index is 0.0544. The van der Waals surface area contributed by atoms with Gasteiger partial charge in [-0.25, -0.2) is 4.98 Å². The number of aromatic nitrogens is 2. The van der Waals surface area contributed by atoms with Gasteiger partial charge in [-0.05, 0) is 6.92 Å². The van der Waals surface area contributed by atoms with Crippen molar-refractivity contribution >= 4 is 34.2 Å². The standard InChI is InChI=1S/C10H12ClN3O2S/c1-4(2)7-12-10(17-13-7)14-8(15)5(3)6(11)9(14)16/h4,8,15H,1-3H3. The Morgan fingerprint density at radius 1 is 1.53 bits per heavy atom. The molecule has 1 aliphatic rings. The van der Waals surface area contributed by atoms with Crippen LogP contribution in [0.15, 0.2) is 10.6 Å². The van der Waals surface area contributed by atoms with Crippen molar-refractivity contribution in [1.82, 2.24) is 9.36 Å². The lowest BCUT2D eigenvalue weighted by Crippen LogP contribution is -2.35. The van der Waals surface area contributed by atoms with E-state index in [-0.39, 0.29) is 11.0 Å². The predicted octanol–water partition coefficient (Wildman–Crippen LogP) is 1.84. The predicted molar refractivity (Wildman–Crippen MR) is 66.0 cm³/mol. The van der Waals surface area contributed by atoms with E-state index in [4.69, 9.17) is 11.6 Å². The van der Waals surface area contributed by atoms with Crippen LogP contribution in [0.5, 0.6) is 0 Å². The summed E-state index contributed by atoms with van der Waals surface area (Å²) >= 11 is 6.89. The second kappa shape index (κ2) is 4.36. The maximum atomic E-state index is 11.8. The molecule has 0 fully saturated rings. The maximum Gasteiger partial charge on any atom is 0.274 e. The first-order valence-corrected chi connectivity index (χ1v) is 6.30. The zero-order chi connectivity index (χ0) is 12.7. The number of hydrogen-bond acceptors (Lipinski definition) is 5. The molecule has 0 radical (unpaired) electrons. The van der Waals surface area contributed by atoms with Gasteiger partial charge in [-0.3, -0.25) is 9.69 Å². The maximum absolute atomic E-state index is 11.8. The topological polar surface area (TPSA) is 66.3 Å². The van der Waals surface area contributed by atoms with E-state index < -0.39 is 12.1 Å². The Morgan fingerprint density at radius 2 is 2.18 bits per heavy atom. The molecule has 1 amide bonds. The Hall–Kier alpha value is -0.980. The lowest BCUT2D eigenvalue weighted by atomic mass is 10.2. The van der Waals surface area contributed by atoms with Crippen LogP contribution in [0.1, 0.15) is 32.5 Å². The number of aliphatic hydroxyl groups is 1. The number of amides is 1. The van der Waals surface area contributed by atoms with Crippen molar-refractivity contribution in [3.05, 3.63) is 16.4 Å². The second-order valence-electron chi connectivity index (χ2n) is 4.14. The van der Waals surface area contributed by atoms with Gasteiger partial charge in [0.2, 0.25) is 5.13 Å². The monoisotopic (exact) mass is 273 g/mol. The highest BCUT2D eigenvalue weighted by Gasteiger charge is 2.38. The smallest absolute Gasteiger partial charge is 0.274 e. The highest BCUT2D eigenvalue weighted by Crippen LogP contribution is 2.33. The van der Waals surface area contributed by atoms with Crippen LogP contribution < -0.4 is 4.90 Å². The lowest BCUT2D eigenvalue weighted by molar-refractivity contribution is -0.115. The summed E-state index contributed by atoms with van der Waals surface area (Å²) in [6.45, 7) is 5.55. The van der Waals surface area contributed by atoms with Gasteiger partial charge in [0.1, 0.15) is 10.9 Å². The van der Waals surface area contributed by atoms with E-state index >= 15 is 0 Å². The SMILES string of the molecule is CC1=C(Cl)C(=O)N(c2nc(C(C)C)ns2)C1O. The third kappa shape index (κ3) is 1.96. The summed E-state index contributed by atoms with van der Waals surface area (Å²) in [7, 11) is 0. The molecule has 1 N–H and O–H groups in total. The zero-order valence-corrected chi connectivity index (χ0v) is 11.2. The van der Waals surface area contributed by atoms with Gasteiger partial charge in [-0.2, -0.15) is 4.37 Å². The molecule has 92 valence electrons. The number of anilines is 1. The molecule has 1 aromatic heterocycles. The number of hydrogen-bond donors (Lipinski definition) is 1. The molecule has 0 saturated heterocycles. The van der Waals surface area contributed by atoms with Gasteiger partial charge in [-0.1, -0.05) is 25.4 Å². The summed E-state index contributed by atoms with van der Waals surface area (Å²) < 4.78 is 4.14. The van der Waals surface area contributed by atoms with Crippen molar-refractivity contribution in [2.24, 2.45) is 0 Å². The number of carbonyl (C=O) groups is 1. The van der Waals surface area contributed by atoms with E-state index in [0.29, 0.717) is 16.5 Å². The van der Waals surface area contributed by atoms with Gasteiger partial charge in [0.15, 0.2) is 6.23 Å². The second-order valence-corrected chi connectivity index (χ2v) is 5.24. The average molecular weight is 274 g/mol. The third-order valence-electron chi connectivity index (χ3n) is 2.54. The largest absolute Gasteiger partial charge is 0.369 e. The van der Waals surface area contributed by atoms with Gasteiger partial charge < -0.3 is 5.11 Å². The van der Waals surface area contributed by atoms with Crippen molar-refractivity contribution in [3.63, 3.8) is 0 Å². The Balaban J connectivity index is 2.33. The van der Waals surface area contributed by atoms with Crippen LogP contribution in [-0.4, -0.2) is 26.6 Å². The van der Waals surface area contributed by atoms with Crippen molar-refractivity contribution in [2.45, 2.75) is 32.9 Å². The summed E-state index contributed by atoms with van der Waals surface area (Å²) in [6, 6.07) is 0. The summed E-state index contributed by atoms with van der Waals surface area (Å²) in [5.74, 6) is 0.410. The summed E-state index contributed by atoms with van der Waals surface area (Å²) in [5.41, 5.74) is 0.443. The average Bonchev–Trinajstić information content (AvgIpc) is 2.81. The summed E-state index contributed by atoms with van der Waals surface area (Å²) in [6.07, 6.45) is -1.04. The van der Waals surface area contributed by atoms with Crippen molar-refractivity contribution in [1.29, 1.82) is 0 Å². The quantitative estimate of drug-likeness (QED) is 0.893. The molecule has 0 saturated carbocycles. The summed E-state index contributed by atoms with van der Waals surface area (Å²) in [5, 5.41) is 10.3. The van der Waals surface area contributed by atoms with E-state index in [9.17, 15) is 9.90 Å². The van der Waals surface area contributed by atoms with Crippen LogP contribution >= 0.6 is 23.1 Å². The number of carbonyl (C=O) groups excluding carboxylic acids is 1. The Morgan fingerprint density at radius 3 is 2.59 bits per heavy atom. The number of aliphatic hydroxyl groups excluding tert-OH is 1. The van der Waals surface area contributed by atoms with Crippen LogP contribution in [0.3, 0.4) is 0 Å². The Bertz CT molecular complexity index is 497. The fraction of sp³-hybridized carbons (Fsp3) is 0.500. The molecule has 1 aliphatic heterocycles. The van der Waals surface area contributed by atoms with Crippen molar-refractivity contribution in [2.75, 3.05) is 4.90 Å². The van der Waals surface area contributed by atoms with Gasteiger partial charge >= 0.3 is 0 Å². The molecule has 7 heteroatoms. The minimum Gasteiger partial charge on any atom is -0.369 e. The van der Waals surface area contributed by atoms with E-state index in [1.54, 1.807) is 6.92 Å². The fourth-order valence-corrected chi connectivity index (χ4v) is 2.46. The molecule has 17 heavy (non-hydrogen) atoms. The lowest BCUT2D eigenvalue weighted by Gasteiger charge is -2.17. The van der Waals surface area contributed by atoms with Gasteiger partial charge in [0.25, 0.3) is 5.91 Å². The molecule has 0 bridgehead atoms. The first kappa shape index (κ1) is 12.5. The van der Waals surface area contributed by atoms with Gasteiger partial charge in [0, 0.05) is 23.0 Å². The van der Waals surface area contributed by atoms with Crippen LogP contribution in [0.4, 0.5) is 5.13 Å². The van der Waals surface area contributed by atoms with Gasteiger partial charge in [0.05, 0.1) is 0 Å². The van der Waals surface area contributed by atoms with Crippen LogP contribution in [0, 0.1) is 0 Å². The molecular weight excluding hydrogens is 262 g/mol. The molecule has 1 aromatic rings. The summed E-state index contributed by atoms with van der Waals surface area (Å²) in [4.78, 5) is 17.2. The van der Waals surface area contributed by atoms with E-state index in [2.05, 4.69) is 9.36 Å². The van der Waals surface area contributed by atoms with E-state index in [0.717, 1.165) is 11.5 Å². The molecule has 2 heterocycles. The molecule has 0 aromatic carbocycles. The third-order valence-corrected chi connectivity index (χ3v) is 3.73. The van der Waals surface area contributed by atoms with Gasteiger partial charge in [-0.15, -0.1) is 0 Å². The first-order valence-electron chi connectivity index (χ1n) is 5.15. The molecule has 1 atom stereocenters. The first-order chi connectivity index (χ1) is 7.93. The Labute approximate surface area is 108 Å². The van der Waals surface area contributed by atoms with Crippen LogP contribution in [0.25, 0.3) is 0 Å². The molecule has 0 aliphatic carbocycles. The van der Waals surface area contributed by atoms with E-state index in [1.807, 2.05) is 13.8 Å². The van der Waals surface area contributed by atoms with Crippen molar-refractivity contribution < 1.29 is 9.90 Å². The molecule has 5 nitrogen and oxygen atoms in total. The zero-order valence-electron chi connectivity index (χ0n) is 9.64. The molecule has 0 spiro atoms. The van der Waals surface area contributed by atoms with E-state index in [1.165, 1.54) is 4.90 Å². The highest BCUT2D eigenvalue weighted by atomic mass is 35.5. The van der Waals surface area contributed by atoms with Crippen molar-refractivity contribution in [3.8, 4) is 0 Å². The number of rotatable bonds is 2. The number of halogens is 1. The normalized spacial score (nSPS) is 20.9. The minimum atomic E-state index is -1.04.